The number of Topliss-reactive ketones (excluding diaryl/α,β-unsaturated/α-hetero) is 1. The van der Waals surface area contributed by atoms with Crippen molar-refractivity contribution < 1.29 is 58.9 Å². The van der Waals surface area contributed by atoms with Crippen molar-refractivity contribution in [2.75, 3.05) is 19.7 Å². The summed E-state index contributed by atoms with van der Waals surface area (Å²) in [7, 11) is 0. The number of rotatable bonds is 20. The zero-order valence-electron chi connectivity index (χ0n) is 43.3. The van der Waals surface area contributed by atoms with Gasteiger partial charge in [0.25, 0.3) is 5.91 Å². The van der Waals surface area contributed by atoms with Gasteiger partial charge < -0.3 is 61.6 Å². The van der Waals surface area contributed by atoms with Crippen LogP contribution in [0.5, 0.6) is 5.75 Å². The lowest BCUT2D eigenvalue weighted by atomic mass is 9.90. The summed E-state index contributed by atoms with van der Waals surface area (Å²) in [6.45, 7) is -1.24. The Kier molecular flexibility index (Phi) is 19.4. The molecule has 3 amide bonds. The van der Waals surface area contributed by atoms with Crippen LogP contribution in [-0.2, 0) is 20.9 Å². The second-order valence-corrected chi connectivity index (χ2v) is 19.2. The first-order valence-corrected chi connectivity index (χ1v) is 25.3. The highest BCUT2D eigenvalue weighted by Gasteiger charge is 2.53. The van der Waals surface area contributed by atoms with E-state index in [9.17, 15) is 28.0 Å². The number of carbonyl (C=O) groups excluding carboxylic acids is 4. The number of ketones is 1. The quantitative estimate of drug-likeness (QED) is 0.0261. The van der Waals surface area contributed by atoms with Crippen LogP contribution >= 0.6 is 0 Å². The van der Waals surface area contributed by atoms with Gasteiger partial charge in [-0.2, -0.15) is 0 Å². The summed E-state index contributed by atoms with van der Waals surface area (Å²) in [5.41, 5.74) is 11.9. The molecule has 0 unspecified atom stereocenters. The van der Waals surface area contributed by atoms with Crippen LogP contribution < -0.4 is 26.4 Å². The Morgan fingerprint density at radius 3 is 1.88 bits per heavy atom. The van der Waals surface area contributed by atoms with E-state index < -0.39 is 55.7 Å². The average Bonchev–Trinajstić information content (AvgIpc) is 4.25. The lowest BCUT2D eigenvalue weighted by Crippen LogP contribution is -2.50. The first-order chi connectivity index (χ1) is 37.2. The van der Waals surface area contributed by atoms with Crippen LogP contribution in [0, 0.1) is 51.7 Å². The van der Waals surface area contributed by atoms with Crippen molar-refractivity contribution in [2.24, 2.45) is 5.73 Å². The van der Waals surface area contributed by atoms with Crippen LogP contribution in [0.1, 0.15) is 110 Å². The fourth-order valence-corrected chi connectivity index (χ4v) is 10.00. The molecule has 0 fully saturated rings. The molecule has 4 aliphatic rings. The van der Waals surface area contributed by atoms with Gasteiger partial charge in [0.1, 0.15) is 23.7 Å². The Balaban J connectivity index is 0.000000332. The number of amides is 3. The van der Waals surface area contributed by atoms with E-state index in [1.165, 1.54) is 16.8 Å². The number of terminal acetylenes is 1. The standard InChI is InChI=1S/C37H39BF4N8O4.C17H18BF2N3O.2CH4/c1-23-17-24(2)49-33(23)19-29-13-12-27(50(29)38(49,41)42)14-15-35(52)44-20-26-21-48(47-46-26)28-8-5-7-25(18-28)37(53)45-32(11-3-4-16-43)34(51)22-54-36-30(39)9-6-10-31(36)40;1-4-9-21-17(24)8-7-14-5-6-15-11-16-12(2)10-13(3)22(16)18(19,20)23(14)15;;/h5-10,12-13,17-19,21,32H,3-4,11,14-16,20,22,43H2,1-2H3,(H,44,52)(H,45,53);1,5-6,10-11H,7-9H2,2-3H3,(H,21,24);2*1H4/t32-;;;/m0.../s1. The monoisotopic (exact) mass is 1110 g/mol. The summed E-state index contributed by atoms with van der Waals surface area (Å²) >= 11 is 0. The summed E-state index contributed by atoms with van der Waals surface area (Å²) in [5, 5.41) is 16.2. The van der Waals surface area contributed by atoms with Gasteiger partial charge in [0, 0.05) is 79.1 Å². The third kappa shape index (κ3) is 12.8. The molecule has 0 radical (unpaired) electrons. The number of allylic oxidation sites excluding steroid dienone is 4. The number of aromatic nitrogens is 5. The summed E-state index contributed by atoms with van der Waals surface area (Å²) in [6.07, 6.45) is 18.5. The number of benzene rings is 2. The molecule has 7 heterocycles. The van der Waals surface area contributed by atoms with Crippen LogP contribution in [0.4, 0.5) is 26.0 Å². The molecule has 0 bridgehead atoms. The Morgan fingerprint density at radius 2 is 1.32 bits per heavy atom. The maximum absolute atomic E-state index is 15.7. The van der Waals surface area contributed by atoms with Crippen LogP contribution in [0.25, 0.3) is 17.8 Å². The van der Waals surface area contributed by atoms with Gasteiger partial charge in [-0.3, -0.25) is 19.2 Å². The van der Waals surface area contributed by atoms with Crippen molar-refractivity contribution in [3.05, 3.63) is 153 Å². The van der Waals surface area contributed by atoms with E-state index in [4.69, 9.17) is 16.9 Å². The highest BCUT2D eigenvalue weighted by Crippen LogP contribution is 2.36. The number of halogens is 6. The van der Waals surface area contributed by atoms with Crippen LogP contribution in [0.3, 0.4) is 0 Å². The number of hydrogen-bond acceptors (Lipinski definition) is 8. The minimum atomic E-state index is -4.12. The number of unbranched alkanes of at least 4 members (excludes halogenated alkanes) is 1. The Morgan fingerprint density at radius 1 is 0.775 bits per heavy atom. The molecule has 5 N–H and O–H groups in total. The van der Waals surface area contributed by atoms with Crippen molar-refractivity contribution in [1.29, 1.82) is 0 Å². The first-order valence-electron chi connectivity index (χ1n) is 25.3. The number of hydrogen-bond donors (Lipinski definition) is 4. The van der Waals surface area contributed by atoms with Gasteiger partial charge in [0.05, 0.1) is 31.0 Å². The van der Waals surface area contributed by atoms with Crippen LogP contribution in [-0.4, -0.2) is 108 Å². The largest absolute Gasteiger partial charge is 0.737 e. The third-order valence-corrected chi connectivity index (χ3v) is 13.7. The van der Waals surface area contributed by atoms with Gasteiger partial charge in [-0.25, -0.2) is 13.5 Å². The van der Waals surface area contributed by atoms with E-state index in [1.54, 1.807) is 93.8 Å². The van der Waals surface area contributed by atoms with Gasteiger partial charge in [-0.05, 0) is 118 Å². The number of nitrogens with one attached hydrogen (secondary N) is 3. The summed E-state index contributed by atoms with van der Waals surface area (Å²) < 4.78 is 100. The molecular formula is C56H65B2F6N11O5. The second kappa shape index (κ2) is 25.6. The van der Waals surface area contributed by atoms with Crippen molar-refractivity contribution in [2.45, 2.75) is 100 Å². The van der Waals surface area contributed by atoms with Gasteiger partial charge in [-0.15, -0.1) is 11.5 Å². The normalized spacial score (nSPS) is 15.1. The molecule has 5 aromatic rings. The van der Waals surface area contributed by atoms with E-state index in [0.29, 0.717) is 76.4 Å². The average molecular weight is 1110 g/mol. The molecule has 16 nitrogen and oxygen atoms in total. The predicted octanol–water partition coefficient (Wildman–Crippen LogP) is 8.04. The highest BCUT2D eigenvalue weighted by atomic mass is 19.3. The molecule has 3 aromatic heterocycles. The lowest BCUT2D eigenvalue weighted by Gasteiger charge is -2.30. The molecule has 0 aliphatic carbocycles. The molecule has 422 valence electrons. The molecule has 24 heteroatoms. The van der Waals surface area contributed by atoms with Crippen molar-refractivity contribution in [3.8, 4) is 23.8 Å². The zero-order valence-corrected chi connectivity index (χ0v) is 43.3. The molecule has 0 spiro atoms. The highest BCUT2D eigenvalue weighted by molar-refractivity contribution is 6.58. The smallest absolute Gasteiger partial charge is 0.480 e. The van der Waals surface area contributed by atoms with E-state index in [1.807, 2.05) is 6.92 Å². The minimum absolute atomic E-state index is 0. The molecular weight excluding hydrogens is 1040 g/mol. The third-order valence-electron chi connectivity index (χ3n) is 13.7. The molecule has 0 saturated heterocycles. The predicted molar refractivity (Wildman–Crippen MR) is 297 cm³/mol. The zero-order chi connectivity index (χ0) is 56.1. The van der Waals surface area contributed by atoms with Crippen molar-refractivity contribution >= 4 is 61.0 Å². The molecule has 80 heavy (non-hydrogen) atoms. The Hall–Kier alpha value is -8.45. The molecule has 4 aliphatic heterocycles. The van der Waals surface area contributed by atoms with Crippen molar-refractivity contribution in [3.63, 3.8) is 0 Å². The topological polar surface area (TPSA) is 186 Å². The van der Waals surface area contributed by atoms with E-state index in [0.717, 1.165) is 41.2 Å². The van der Waals surface area contributed by atoms with Crippen LogP contribution in [0.15, 0.2) is 96.5 Å². The Bertz CT molecular complexity index is 3440. The minimum Gasteiger partial charge on any atom is -0.480 e. The Labute approximate surface area is 460 Å². The summed E-state index contributed by atoms with van der Waals surface area (Å²) in [4.78, 5) is 50.8. The van der Waals surface area contributed by atoms with Crippen molar-refractivity contribution in [1.82, 2.24) is 39.9 Å². The maximum atomic E-state index is 15.7. The maximum Gasteiger partial charge on any atom is 0.737 e. The summed E-state index contributed by atoms with van der Waals surface area (Å²) in [5.74, 6) is -2.03. The number of para-hydroxylation sites is 1. The van der Waals surface area contributed by atoms with Gasteiger partial charge >= 0.3 is 13.9 Å². The van der Waals surface area contributed by atoms with Crippen LogP contribution in [0.2, 0.25) is 0 Å². The molecule has 0 saturated carbocycles. The number of nitrogens with zero attached hydrogens (tertiary/aromatic N) is 7. The summed E-state index contributed by atoms with van der Waals surface area (Å²) in [6, 6.07) is 12.1. The fraction of sp³-hybridized carbons (Fsp3) is 0.321. The number of fused-ring (bicyclic) bond motifs is 4. The van der Waals surface area contributed by atoms with Gasteiger partial charge in [0.15, 0.2) is 34.6 Å². The first kappa shape index (κ1) is 60.8. The van der Waals surface area contributed by atoms with E-state index >= 15 is 17.3 Å². The molecule has 2 aromatic carbocycles. The SMILES string of the molecule is C.C.C#CCNC(=O)CCC1=[N+]2C(=Cc3c(C)cc(C)n3[B-]2(F)F)C=C1.Cc1cc(C)n2c1C=C1C=CC(CCC(=O)NCc3cn(-c4cccc(C(=O)N[C@@H](CCCCN)C(=O)COc5c(F)cccc5F)c4)nn3)=[N+]1[B-]2(F)F. The number of carbonyl (C=O) groups is 4. The molecule has 9 rings (SSSR count). The van der Waals surface area contributed by atoms with E-state index in [-0.39, 0.29) is 77.4 Å². The number of nitrogens with two attached hydrogens (primary N) is 1. The van der Waals surface area contributed by atoms with E-state index in [2.05, 4.69) is 32.2 Å². The lowest BCUT2D eigenvalue weighted by molar-refractivity contribution is -0.363. The fourth-order valence-electron chi connectivity index (χ4n) is 10.00. The second-order valence-electron chi connectivity index (χ2n) is 19.2. The molecule has 1 atom stereocenters. The van der Waals surface area contributed by atoms with Gasteiger partial charge in [-0.1, -0.05) is 38.1 Å². The van der Waals surface area contributed by atoms with Gasteiger partial charge in [0.2, 0.25) is 11.8 Å². The number of aryl methyl sites for hydroxylation is 4. The number of ether oxygens (including phenoxy) is 1.